The van der Waals surface area contributed by atoms with Crippen molar-refractivity contribution >= 4 is 11.4 Å². The predicted molar refractivity (Wildman–Crippen MR) is 64.6 cm³/mol. The van der Waals surface area contributed by atoms with Gasteiger partial charge < -0.3 is 5.73 Å². The van der Waals surface area contributed by atoms with Crippen LogP contribution in [0.4, 0.5) is 11.4 Å². The summed E-state index contributed by atoms with van der Waals surface area (Å²) in [6.45, 7) is 0. The Labute approximate surface area is 98.1 Å². The van der Waals surface area contributed by atoms with Crippen molar-refractivity contribution in [2.75, 3.05) is 5.73 Å². The van der Waals surface area contributed by atoms with Gasteiger partial charge >= 0.3 is 0 Å². The van der Waals surface area contributed by atoms with Gasteiger partial charge in [0.2, 0.25) is 0 Å². The van der Waals surface area contributed by atoms with Crippen molar-refractivity contribution < 1.29 is 4.92 Å². The van der Waals surface area contributed by atoms with Crippen molar-refractivity contribution in [1.82, 2.24) is 4.98 Å². The third kappa shape index (κ3) is 2.78. The SMILES string of the molecule is Nc1cccc(Cc2ccc([N+](=O)[O-])cn2)c1. The van der Waals surface area contributed by atoms with E-state index in [1.54, 1.807) is 6.07 Å². The van der Waals surface area contributed by atoms with Crippen molar-refractivity contribution in [2.24, 2.45) is 0 Å². The van der Waals surface area contributed by atoms with Gasteiger partial charge in [0.15, 0.2) is 0 Å². The monoisotopic (exact) mass is 229 g/mol. The van der Waals surface area contributed by atoms with Crippen molar-refractivity contribution in [2.45, 2.75) is 6.42 Å². The molecule has 0 spiro atoms. The van der Waals surface area contributed by atoms with Crippen LogP contribution in [0.15, 0.2) is 42.6 Å². The highest BCUT2D eigenvalue weighted by Crippen LogP contribution is 2.13. The zero-order valence-electron chi connectivity index (χ0n) is 9.04. The summed E-state index contributed by atoms with van der Waals surface area (Å²) < 4.78 is 0. The number of aromatic nitrogens is 1. The van der Waals surface area contributed by atoms with Crippen LogP contribution in [-0.2, 0) is 6.42 Å². The number of pyridine rings is 1. The smallest absolute Gasteiger partial charge is 0.287 e. The first-order valence-electron chi connectivity index (χ1n) is 5.09. The Kier molecular flexibility index (Phi) is 3.00. The Balaban J connectivity index is 2.16. The normalized spacial score (nSPS) is 10.1. The van der Waals surface area contributed by atoms with Crippen LogP contribution in [0.1, 0.15) is 11.3 Å². The Morgan fingerprint density at radius 3 is 2.71 bits per heavy atom. The summed E-state index contributed by atoms with van der Waals surface area (Å²) in [5, 5.41) is 10.5. The minimum atomic E-state index is -0.461. The maximum absolute atomic E-state index is 10.5. The molecule has 0 saturated heterocycles. The Morgan fingerprint density at radius 1 is 1.29 bits per heavy atom. The number of nitro groups is 1. The van der Waals surface area contributed by atoms with Gasteiger partial charge in [0.05, 0.1) is 4.92 Å². The van der Waals surface area contributed by atoms with Gasteiger partial charge in [-0.3, -0.25) is 15.1 Å². The lowest BCUT2D eigenvalue weighted by Gasteiger charge is -2.02. The van der Waals surface area contributed by atoms with E-state index in [-0.39, 0.29) is 5.69 Å². The molecule has 0 unspecified atom stereocenters. The number of nitrogens with zero attached hydrogens (tertiary/aromatic N) is 2. The molecule has 5 heteroatoms. The van der Waals surface area contributed by atoms with E-state index in [9.17, 15) is 10.1 Å². The van der Waals surface area contributed by atoms with E-state index in [0.717, 1.165) is 11.3 Å². The van der Waals surface area contributed by atoms with Gasteiger partial charge in [-0.15, -0.1) is 0 Å². The third-order valence-electron chi connectivity index (χ3n) is 2.36. The topological polar surface area (TPSA) is 82.0 Å². The van der Waals surface area contributed by atoms with E-state index in [2.05, 4.69) is 4.98 Å². The lowest BCUT2D eigenvalue weighted by Crippen LogP contribution is -1.95. The number of hydrogen-bond acceptors (Lipinski definition) is 4. The fourth-order valence-corrected chi connectivity index (χ4v) is 1.54. The molecule has 0 radical (unpaired) electrons. The molecule has 1 aromatic heterocycles. The minimum absolute atomic E-state index is 0.00123. The fourth-order valence-electron chi connectivity index (χ4n) is 1.54. The van der Waals surface area contributed by atoms with Crippen LogP contribution in [0.2, 0.25) is 0 Å². The van der Waals surface area contributed by atoms with Gasteiger partial charge in [-0.25, -0.2) is 0 Å². The zero-order chi connectivity index (χ0) is 12.3. The second-order valence-electron chi connectivity index (χ2n) is 3.69. The van der Waals surface area contributed by atoms with Gasteiger partial charge in [-0.05, 0) is 23.8 Å². The lowest BCUT2D eigenvalue weighted by molar-refractivity contribution is -0.385. The average Bonchev–Trinajstić information content (AvgIpc) is 2.29. The quantitative estimate of drug-likeness (QED) is 0.496. The molecule has 0 bridgehead atoms. The van der Waals surface area contributed by atoms with Gasteiger partial charge in [0, 0.05) is 23.9 Å². The molecule has 1 heterocycles. The summed E-state index contributed by atoms with van der Waals surface area (Å²) >= 11 is 0. The summed E-state index contributed by atoms with van der Waals surface area (Å²) in [6, 6.07) is 10.6. The van der Waals surface area contributed by atoms with Crippen molar-refractivity contribution in [3.8, 4) is 0 Å². The standard InChI is InChI=1S/C12H11N3O2/c13-10-3-1-2-9(6-10)7-11-4-5-12(8-14-11)15(16)17/h1-6,8H,7,13H2. The number of nitrogens with two attached hydrogens (primary N) is 1. The highest BCUT2D eigenvalue weighted by molar-refractivity contribution is 5.42. The van der Waals surface area contributed by atoms with Crippen molar-refractivity contribution in [3.63, 3.8) is 0 Å². The number of nitrogen functional groups attached to an aromatic ring is 1. The first kappa shape index (κ1) is 11.1. The molecule has 17 heavy (non-hydrogen) atoms. The molecule has 0 atom stereocenters. The maximum Gasteiger partial charge on any atom is 0.287 e. The number of anilines is 1. The molecule has 0 amide bonds. The zero-order valence-corrected chi connectivity index (χ0v) is 9.04. The number of benzene rings is 1. The molecule has 5 nitrogen and oxygen atoms in total. The van der Waals surface area contributed by atoms with Crippen LogP contribution in [0.5, 0.6) is 0 Å². The Morgan fingerprint density at radius 2 is 2.12 bits per heavy atom. The van der Waals surface area contributed by atoms with Gasteiger partial charge in [0.1, 0.15) is 6.20 Å². The molecular formula is C12H11N3O2. The Bertz CT molecular complexity index is 538. The molecule has 0 saturated carbocycles. The summed E-state index contributed by atoms with van der Waals surface area (Å²) in [5.41, 5.74) is 8.18. The second kappa shape index (κ2) is 4.61. The van der Waals surface area contributed by atoms with Crippen LogP contribution < -0.4 is 5.73 Å². The summed E-state index contributed by atoms with van der Waals surface area (Å²) in [6.07, 6.45) is 1.88. The van der Waals surface area contributed by atoms with Gasteiger partial charge in [0.25, 0.3) is 5.69 Å². The highest BCUT2D eigenvalue weighted by atomic mass is 16.6. The molecule has 2 N–H and O–H groups in total. The predicted octanol–water partition coefficient (Wildman–Crippen LogP) is 2.16. The molecule has 0 fully saturated rings. The first-order valence-corrected chi connectivity index (χ1v) is 5.09. The molecule has 1 aromatic carbocycles. The van der Waals surface area contributed by atoms with E-state index in [1.165, 1.54) is 12.3 Å². The summed E-state index contributed by atoms with van der Waals surface area (Å²) in [4.78, 5) is 14.0. The number of rotatable bonds is 3. The van der Waals surface area contributed by atoms with E-state index in [4.69, 9.17) is 5.73 Å². The molecular weight excluding hydrogens is 218 g/mol. The molecule has 86 valence electrons. The van der Waals surface area contributed by atoms with Crippen LogP contribution in [0.25, 0.3) is 0 Å². The summed E-state index contributed by atoms with van der Waals surface area (Å²) in [5.74, 6) is 0. The Hall–Kier alpha value is -2.43. The molecule has 2 aromatic rings. The maximum atomic E-state index is 10.5. The van der Waals surface area contributed by atoms with E-state index >= 15 is 0 Å². The molecule has 0 aliphatic heterocycles. The van der Waals surface area contributed by atoms with Crippen LogP contribution in [0.3, 0.4) is 0 Å². The van der Waals surface area contributed by atoms with Crippen molar-refractivity contribution in [3.05, 3.63) is 64.0 Å². The molecule has 0 aliphatic rings. The molecule has 0 aliphatic carbocycles. The molecule has 2 rings (SSSR count). The van der Waals surface area contributed by atoms with E-state index < -0.39 is 4.92 Å². The van der Waals surface area contributed by atoms with Crippen LogP contribution >= 0.6 is 0 Å². The first-order chi connectivity index (χ1) is 8.15. The van der Waals surface area contributed by atoms with Crippen molar-refractivity contribution in [1.29, 1.82) is 0 Å². The average molecular weight is 229 g/mol. The largest absolute Gasteiger partial charge is 0.399 e. The lowest BCUT2D eigenvalue weighted by atomic mass is 10.1. The number of hydrogen-bond donors (Lipinski definition) is 1. The van der Waals surface area contributed by atoms with E-state index in [0.29, 0.717) is 12.1 Å². The van der Waals surface area contributed by atoms with Gasteiger partial charge in [-0.1, -0.05) is 12.1 Å². The van der Waals surface area contributed by atoms with Crippen LogP contribution in [0, 0.1) is 10.1 Å². The highest BCUT2D eigenvalue weighted by Gasteiger charge is 2.05. The van der Waals surface area contributed by atoms with E-state index in [1.807, 2.05) is 24.3 Å². The summed E-state index contributed by atoms with van der Waals surface area (Å²) in [7, 11) is 0. The second-order valence-corrected chi connectivity index (χ2v) is 3.69. The fraction of sp³-hybridized carbons (Fsp3) is 0.0833. The third-order valence-corrected chi connectivity index (χ3v) is 2.36. The minimum Gasteiger partial charge on any atom is -0.399 e. The van der Waals surface area contributed by atoms with Crippen LogP contribution in [-0.4, -0.2) is 9.91 Å². The van der Waals surface area contributed by atoms with Gasteiger partial charge in [-0.2, -0.15) is 0 Å².